The normalized spacial score (nSPS) is 11.6. The molecule has 0 aliphatic heterocycles. The Morgan fingerprint density at radius 3 is 2.60 bits per heavy atom. The lowest BCUT2D eigenvalue weighted by atomic mass is 10.2. The molecule has 1 aromatic heterocycles. The van der Waals surface area contributed by atoms with E-state index in [9.17, 15) is 10.1 Å². The predicted molar refractivity (Wildman–Crippen MR) is 81.7 cm³/mol. The molecule has 0 bridgehead atoms. The van der Waals surface area contributed by atoms with Crippen LogP contribution in [0.3, 0.4) is 0 Å². The number of rotatable bonds is 5. The first-order chi connectivity index (χ1) is 9.60. The number of allylic oxidation sites excluding steroid dienone is 1. The van der Waals surface area contributed by atoms with Gasteiger partial charge in [0.1, 0.15) is 11.5 Å². The number of hydrogen-bond donors (Lipinski definition) is 0. The highest BCUT2D eigenvalue weighted by molar-refractivity contribution is 9.10. The Hall–Kier alpha value is -1.88. The minimum absolute atomic E-state index is 0.171. The van der Waals surface area contributed by atoms with Crippen LogP contribution in [0.5, 0.6) is 0 Å². The van der Waals surface area contributed by atoms with E-state index in [1.807, 2.05) is 37.3 Å². The van der Waals surface area contributed by atoms with Crippen LogP contribution >= 0.6 is 15.9 Å². The van der Waals surface area contributed by atoms with Crippen molar-refractivity contribution in [2.75, 3.05) is 0 Å². The third kappa shape index (κ3) is 3.57. The molecule has 0 radical (unpaired) electrons. The molecular formula is C15H14BrNO3. The Balaban J connectivity index is 2.26. The molecule has 2 aromatic rings. The molecule has 4 nitrogen and oxygen atoms in total. The highest BCUT2D eigenvalue weighted by Crippen LogP contribution is 2.25. The van der Waals surface area contributed by atoms with Gasteiger partial charge in [0.25, 0.3) is 0 Å². The molecule has 0 saturated heterocycles. The van der Waals surface area contributed by atoms with Gasteiger partial charge < -0.3 is 4.42 Å². The highest BCUT2D eigenvalue weighted by Gasteiger charge is 2.11. The number of halogens is 1. The average molecular weight is 336 g/mol. The first-order valence-corrected chi connectivity index (χ1v) is 7.10. The Morgan fingerprint density at radius 2 is 2.00 bits per heavy atom. The van der Waals surface area contributed by atoms with Crippen molar-refractivity contribution in [1.82, 2.24) is 0 Å². The summed E-state index contributed by atoms with van der Waals surface area (Å²) in [5, 5.41) is 10.9. The first-order valence-electron chi connectivity index (χ1n) is 6.31. The highest BCUT2D eigenvalue weighted by atomic mass is 79.9. The van der Waals surface area contributed by atoms with Crippen molar-refractivity contribution in [3.05, 3.63) is 62.4 Å². The minimum atomic E-state index is -0.356. The minimum Gasteiger partial charge on any atom is -0.456 e. The van der Waals surface area contributed by atoms with Crippen molar-refractivity contribution in [3.8, 4) is 11.3 Å². The molecule has 104 valence electrons. The van der Waals surface area contributed by atoms with Crippen molar-refractivity contribution in [1.29, 1.82) is 0 Å². The van der Waals surface area contributed by atoms with Gasteiger partial charge in [0.05, 0.1) is 11.0 Å². The molecule has 0 aliphatic rings. The van der Waals surface area contributed by atoms with Crippen LogP contribution in [0.4, 0.5) is 0 Å². The van der Waals surface area contributed by atoms with E-state index >= 15 is 0 Å². The largest absolute Gasteiger partial charge is 0.456 e. The summed E-state index contributed by atoms with van der Waals surface area (Å²) >= 11 is 3.37. The van der Waals surface area contributed by atoms with Gasteiger partial charge in [-0.3, -0.25) is 10.1 Å². The molecular weight excluding hydrogens is 322 g/mol. The molecule has 0 fully saturated rings. The molecule has 0 aliphatic carbocycles. The number of benzene rings is 1. The van der Waals surface area contributed by atoms with Gasteiger partial charge in [-0.2, -0.15) is 0 Å². The number of furan rings is 1. The summed E-state index contributed by atoms with van der Waals surface area (Å²) < 4.78 is 6.63. The SMILES string of the molecule is CCC/C(=C\c1ccc(-c2ccc(Br)cc2)o1)[N+](=O)[O-]. The second-order valence-corrected chi connectivity index (χ2v) is 5.27. The third-order valence-corrected chi connectivity index (χ3v) is 3.33. The van der Waals surface area contributed by atoms with Gasteiger partial charge in [-0.15, -0.1) is 0 Å². The molecule has 20 heavy (non-hydrogen) atoms. The topological polar surface area (TPSA) is 56.3 Å². The molecule has 0 saturated carbocycles. The Morgan fingerprint density at radius 1 is 1.30 bits per heavy atom. The lowest BCUT2D eigenvalue weighted by molar-refractivity contribution is -0.426. The van der Waals surface area contributed by atoms with Crippen LogP contribution in [-0.2, 0) is 0 Å². The van der Waals surface area contributed by atoms with Crippen molar-refractivity contribution < 1.29 is 9.34 Å². The molecule has 0 amide bonds. The van der Waals surface area contributed by atoms with Crippen LogP contribution < -0.4 is 0 Å². The Labute approximate surface area is 125 Å². The van der Waals surface area contributed by atoms with E-state index in [0.29, 0.717) is 17.9 Å². The summed E-state index contributed by atoms with van der Waals surface area (Å²) in [6, 6.07) is 11.3. The van der Waals surface area contributed by atoms with Gasteiger partial charge >= 0.3 is 0 Å². The summed E-state index contributed by atoms with van der Waals surface area (Å²) in [4.78, 5) is 10.5. The van der Waals surface area contributed by atoms with Gasteiger partial charge in [0.2, 0.25) is 5.70 Å². The number of nitrogens with zero attached hydrogens (tertiary/aromatic N) is 1. The van der Waals surface area contributed by atoms with Gasteiger partial charge in [-0.05, 0) is 30.7 Å². The maximum atomic E-state index is 10.9. The van der Waals surface area contributed by atoms with Gasteiger partial charge in [0, 0.05) is 16.5 Å². The molecule has 5 heteroatoms. The molecule has 0 unspecified atom stereocenters. The number of hydrogen-bond acceptors (Lipinski definition) is 3. The monoisotopic (exact) mass is 335 g/mol. The zero-order chi connectivity index (χ0) is 14.5. The maximum Gasteiger partial charge on any atom is 0.249 e. The van der Waals surface area contributed by atoms with Crippen molar-refractivity contribution in [2.45, 2.75) is 19.8 Å². The molecule has 1 heterocycles. The van der Waals surface area contributed by atoms with Crippen molar-refractivity contribution >= 4 is 22.0 Å². The lowest BCUT2D eigenvalue weighted by Gasteiger charge is -1.97. The van der Waals surface area contributed by atoms with Crippen LogP contribution in [0.2, 0.25) is 0 Å². The van der Waals surface area contributed by atoms with E-state index in [1.54, 1.807) is 6.07 Å². The fourth-order valence-electron chi connectivity index (χ4n) is 1.84. The zero-order valence-corrected chi connectivity index (χ0v) is 12.6. The van der Waals surface area contributed by atoms with E-state index in [2.05, 4.69) is 15.9 Å². The van der Waals surface area contributed by atoms with Crippen LogP contribution in [0.15, 0.2) is 51.0 Å². The maximum absolute atomic E-state index is 10.9. The fraction of sp³-hybridized carbons (Fsp3) is 0.200. The quantitative estimate of drug-likeness (QED) is 0.562. The average Bonchev–Trinajstić information content (AvgIpc) is 2.87. The van der Waals surface area contributed by atoms with Crippen LogP contribution in [0, 0.1) is 10.1 Å². The molecule has 0 N–H and O–H groups in total. The summed E-state index contributed by atoms with van der Waals surface area (Å²) in [6.07, 6.45) is 2.65. The van der Waals surface area contributed by atoms with Gasteiger partial charge in [0.15, 0.2) is 0 Å². The van der Waals surface area contributed by atoms with Crippen LogP contribution in [-0.4, -0.2) is 4.92 Å². The standard InChI is InChI=1S/C15H14BrNO3/c1-2-3-13(17(18)19)10-14-8-9-15(20-14)11-4-6-12(16)7-5-11/h4-10H,2-3H2,1H3/b13-10+. The predicted octanol–water partition coefficient (Wildman–Crippen LogP) is 5.13. The third-order valence-electron chi connectivity index (χ3n) is 2.81. The summed E-state index contributed by atoms with van der Waals surface area (Å²) in [5.41, 5.74) is 1.11. The molecule has 0 spiro atoms. The summed E-state index contributed by atoms with van der Waals surface area (Å²) in [6.45, 7) is 1.91. The van der Waals surface area contributed by atoms with E-state index < -0.39 is 0 Å². The Kier molecular flexibility index (Phi) is 4.74. The summed E-state index contributed by atoms with van der Waals surface area (Å²) in [7, 11) is 0. The number of nitro groups is 1. The van der Waals surface area contributed by atoms with E-state index in [0.717, 1.165) is 16.5 Å². The van der Waals surface area contributed by atoms with Gasteiger partial charge in [-0.25, -0.2) is 0 Å². The first kappa shape index (κ1) is 14.5. The van der Waals surface area contributed by atoms with E-state index in [4.69, 9.17) is 4.42 Å². The lowest BCUT2D eigenvalue weighted by Crippen LogP contribution is -1.97. The fourth-order valence-corrected chi connectivity index (χ4v) is 2.10. The van der Waals surface area contributed by atoms with E-state index in [-0.39, 0.29) is 10.6 Å². The van der Waals surface area contributed by atoms with Gasteiger partial charge in [-0.1, -0.05) is 35.0 Å². The second-order valence-electron chi connectivity index (χ2n) is 4.35. The van der Waals surface area contributed by atoms with Crippen LogP contribution in [0.1, 0.15) is 25.5 Å². The van der Waals surface area contributed by atoms with Crippen molar-refractivity contribution in [2.24, 2.45) is 0 Å². The smallest absolute Gasteiger partial charge is 0.249 e. The second kappa shape index (κ2) is 6.52. The zero-order valence-electron chi connectivity index (χ0n) is 11.0. The van der Waals surface area contributed by atoms with E-state index in [1.165, 1.54) is 6.08 Å². The molecule has 0 atom stereocenters. The van der Waals surface area contributed by atoms with Crippen LogP contribution in [0.25, 0.3) is 17.4 Å². The van der Waals surface area contributed by atoms with Crippen molar-refractivity contribution in [3.63, 3.8) is 0 Å². The molecule has 1 aromatic carbocycles. The molecule has 2 rings (SSSR count). The Bertz CT molecular complexity index is 629. The summed E-state index contributed by atoms with van der Waals surface area (Å²) in [5.74, 6) is 1.20.